The van der Waals surface area contributed by atoms with E-state index in [2.05, 4.69) is 10.2 Å². The van der Waals surface area contributed by atoms with Gasteiger partial charge in [0, 0.05) is 5.56 Å². The number of benzene rings is 2. The third-order valence-electron chi connectivity index (χ3n) is 2.86. The van der Waals surface area contributed by atoms with E-state index in [0.29, 0.717) is 0 Å². The van der Waals surface area contributed by atoms with Crippen LogP contribution in [0.2, 0.25) is 0 Å². The van der Waals surface area contributed by atoms with Crippen LogP contribution in [0.15, 0.2) is 60.8 Å². The number of methoxy groups -OCH3 is 1. The summed E-state index contributed by atoms with van der Waals surface area (Å²) in [5.41, 5.74) is 2.82. The Hall–Kier alpha value is -2.62. The molecule has 3 rings (SSSR count). The highest BCUT2D eigenvalue weighted by atomic mass is 16.5. The van der Waals surface area contributed by atoms with Crippen LogP contribution in [0, 0.1) is 0 Å². The van der Waals surface area contributed by atoms with E-state index in [1.807, 2.05) is 54.6 Å². The number of aromatic nitrogens is 3. The maximum absolute atomic E-state index is 5.13. The van der Waals surface area contributed by atoms with Gasteiger partial charge in [-0.3, -0.25) is 0 Å². The Kier molecular flexibility index (Phi) is 2.98. The van der Waals surface area contributed by atoms with Crippen LogP contribution in [0.4, 0.5) is 0 Å². The van der Waals surface area contributed by atoms with Crippen LogP contribution in [0.25, 0.3) is 16.9 Å². The van der Waals surface area contributed by atoms with Crippen LogP contribution in [-0.2, 0) is 0 Å². The summed E-state index contributed by atoms with van der Waals surface area (Å²) >= 11 is 0. The number of hydrogen-bond donors (Lipinski definition) is 0. The molecule has 0 bridgehead atoms. The largest absolute Gasteiger partial charge is 0.497 e. The van der Waals surface area contributed by atoms with E-state index in [-0.39, 0.29) is 0 Å². The van der Waals surface area contributed by atoms with Crippen LogP contribution in [0.3, 0.4) is 0 Å². The lowest BCUT2D eigenvalue weighted by Gasteiger charge is -2.01. The molecule has 0 unspecified atom stereocenters. The SMILES string of the molecule is COc1ccc(-n2ncc(-c3ccccc3)n2)cc1. The smallest absolute Gasteiger partial charge is 0.119 e. The zero-order chi connectivity index (χ0) is 13.1. The number of ether oxygens (including phenoxy) is 1. The summed E-state index contributed by atoms with van der Waals surface area (Å²) in [6.07, 6.45) is 1.76. The second-order valence-electron chi connectivity index (χ2n) is 4.08. The molecule has 0 saturated heterocycles. The second kappa shape index (κ2) is 4.94. The summed E-state index contributed by atoms with van der Waals surface area (Å²) in [6.45, 7) is 0. The van der Waals surface area contributed by atoms with Gasteiger partial charge in [0.05, 0.1) is 19.0 Å². The third kappa shape index (κ3) is 2.33. The maximum atomic E-state index is 5.13. The zero-order valence-corrected chi connectivity index (χ0v) is 10.5. The first-order chi connectivity index (χ1) is 9.36. The Labute approximate surface area is 111 Å². The van der Waals surface area contributed by atoms with Gasteiger partial charge in [-0.2, -0.15) is 9.90 Å². The zero-order valence-electron chi connectivity index (χ0n) is 10.5. The molecule has 0 atom stereocenters. The molecule has 19 heavy (non-hydrogen) atoms. The van der Waals surface area contributed by atoms with Crippen molar-refractivity contribution >= 4 is 0 Å². The number of hydrogen-bond acceptors (Lipinski definition) is 3. The molecule has 0 N–H and O–H groups in total. The average molecular weight is 251 g/mol. The van der Waals surface area contributed by atoms with Crippen molar-refractivity contribution in [1.82, 2.24) is 15.0 Å². The molecular formula is C15H13N3O. The summed E-state index contributed by atoms with van der Waals surface area (Å²) in [5, 5.41) is 8.75. The normalized spacial score (nSPS) is 10.4. The first kappa shape index (κ1) is 11.5. The highest BCUT2D eigenvalue weighted by Crippen LogP contribution is 2.17. The van der Waals surface area contributed by atoms with Gasteiger partial charge < -0.3 is 4.74 Å². The molecular weight excluding hydrogens is 238 g/mol. The van der Waals surface area contributed by atoms with Crippen LogP contribution < -0.4 is 4.74 Å². The van der Waals surface area contributed by atoms with Crippen molar-refractivity contribution in [3.63, 3.8) is 0 Å². The monoisotopic (exact) mass is 251 g/mol. The molecule has 0 aliphatic carbocycles. The Morgan fingerprint density at radius 3 is 2.37 bits per heavy atom. The number of nitrogens with zero attached hydrogens (tertiary/aromatic N) is 3. The maximum Gasteiger partial charge on any atom is 0.119 e. The van der Waals surface area contributed by atoms with Gasteiger partial charge in [0.1, 0.15) is 11.4 Å². The van der Waals surface area contributed by atoms with Gasteiger partial charge in [0.2, 0.25) is 0 Å². The first-order valence-electron chi connectivity index (χ1n) is 5.99. The molecule has 4 heteroatoms. The van der Waals surface area contributed by atoms with Crippen LogP contribution >= 0.6 is 0 Å². The predicted octanol–water partition coefficient (Wildman–Crippen LogP) is 2.94. The van der Waals surface area contributed by atoms with Crippen LogP contribution in [-0.4, -0.2) is 22.1 Å². The molecule has 0 aliphatic heterocycles. The highest BCUT2D eigenvalue weighted by molar-refractivity contribution is 5.57. The van der Waals surface area contributed by atoms with Crippen LogP contribution in [0.5, 0.6) is 5.75 Å². The fourth-order valence-electron chi connectivity index (χ4n) is 1.84. The van der Waals surface area contributed by atoms with E-state index in [4.69, 9.17) is 4.74 Å². The highest BCUT2D eigenvalue weighted by Gasteiger charge is 2.04. The third-order valence-corrected chi connectivity index (χ3v) is 2.86. The predicted molar refractivity (Wildman–Crippen MR) is 73.3 cm³/mol. The van der Waals surface area contributed by atoms with Gasteiger partial charge in [-0.15, -0.1) is 5.10 Å². The Balaban J connectivity index is 1.92. The minimum Gasteiger partial charge on any atom is -0.497 e. The summed E-state index contributed by atoms with van der Waals surface area (Å²) in [6, 6.07) is 17.6. The molecule has 0 spiro atoms. The topological polar surface area (TPSA) is 39.9 Å². The van der Waals surface area contributed by atoms with E-state index in [1.165, 1.54) is 0 Å². The molecule has 4 nitrogen and oxygen atoms in total. The van der Waals surface area contributed by atoms with Crippen molar-refractivity contribution in [3.05, 3.63) is 60.8 Å². The fraction of sp³-hybridized carbons (Fsp3) is 0.0667. The summed E-state index contributed by atoms with van der Waals surface area (Å²) < 4.78 is 5.13. The molecule has 94 valence electrons. The lowest BCUT2D eigenvalue weighted by molar-refractivity contribution is 0.414. The molecule has 0 amide bonds. The quantitative estimate of drug-likeness (QED) is 0.718. The minimum absolute atomic E-state index is 0.819. The Morgan fingerprint density at radius 1 is 0.947 bits per heavy atom. The molecule has 3 aromatic rings. The molecule has 0 fully saturated rings. The fourth-order valence-corrected chi connectivity index (χ4v) is 1.84. The van der Waals surface area contributed by atoms with Crippen molar-refractivity contribution in [1.29, 1.82) is 0 Å². The Bertz CT molecular complexity index is 659. The van der Waals surface area contributed by atoms with Crippen molar-refractivity contribution < 1.29 is 4.74 Å². The Morgan fingerprint density at radius 2 is 1.68 bits per heavy atom. The van der Waals surface area contributed by atoms with Gasteiger partial charge in [0.15, 0.2) is 0 Å². The van der Waals surface area contributed by atoms with E-state index < -0.39 is 0 Å². The van der Waals surface area contributed by atoms with Gasteiger partial charge >= 0.3 is 0 Å². The first-order valence-corrected chi connectivity index (χ1v) is 5.99. The molecule has 0 radical (unpaired) electrons. The average Bonchev–Trinajstić information content (AvgIpc) is 2.98. The van der Waals surface area contributed by atoms with E-state index in [0.717, 1.165) is 22.7 Å². The lowest BCUT2D eigenvalue weighted by Crippen LogP contribution is -1.98. The number of rotatable bonds is 3. The standard InChI is InChI=1S/C15H13N3O/c1-19-14-9-7-13(8-10-14)18-16-11-15(17-18)12-5-3-2-4-6-12/h2-11H,1H3. The van der Waals surface area contributed by atoms with E-state index >= 15 is 0 Å². The lowest BCUT2D eigenvalue weighted by atomic mass is 10.2. The second-order valence-corrected chi connectivity index (χ2v) is 4.08. The molecule has 2 aromatic carbocycles. The van der Waals surface area contributed by atoms with Crippen molar-refractivity contribution in [2.75, 3.05) is 7.11 Å². The van der Waals surface area contributed by atoms with E-state index in [1.54, 1.807) is 18.1 Å². The molecule has 1 heterocycles. The minimum atomic E-state index is 0.819. The summed E-state index contributed by atoms with van der Waals surface area (Å²) in [5.74, 6) is 0.819. The van der Waals surface area contributed by atoms with E-state index in [9.17, 15) is 0 Å². The molecule has 0 aliphatic rings. The molecule has 1 aromatic heterocycles. The van der Waals surface area contributed by atoms with Gasteiger partial charge in [-0.05, 0) is 24.3 Å². The summed E-state index contributed by atoms with van der Waals surface area (Å²) in [4.78, 5) is 1.61. The van der Waals surface area contributed by atoms with Crippen molar-refractivity contribution in [2.45, 2.75) is 0 Å². The molecule has 0 saturated carbocycles. The van der Waals surface area contributed by atoms with Gasteiger partial charge in [-0.25, -0.2) is 0 Å². The summed E-state index contributed by atoms with van der Waals surface area (Å²) in [7, 11) is 1.65. The van der Waals surface area contributed by atoms with Crippen molar-refractivity contribution in [2.24, 2.45) is 0 Å². The van der Waals surface area contributed by atoms with Crippen molar-refractivity contribution in [3.8, 4) is 22.7 Å². The van der Waals surface area contributed by atoms with Gasteiger partial charge in [0.25, 0.3) is 0 Å². The van der Waals surface area contributed by atoms with Crippen LogP contribution in [0.1, 0.15) is 0 Å². The van der Waals surface area contributed by atoms with Gasteiger partial charge in [-0.1, -0.05) is 30.3 Å².